The maximum Gasteiger partial charge on any atom is 0.253 e. The molecular formula is C18H20Cl2N2O3S. The van der Waals surface area contributed by atoms with Crippen molar-refractivity contribution in [1.29, 1.82) is 0 Å². The van der Waals surface area contributed by atoms with Crippen LogP contribution >= 0.6 is 23.2 Å². The molecule has 0 fully saturated rings. The maximum absolute atomic E-state index is 12.6. The normalized spacial score (nSPS) is 11.6. The van der Waals surface area contributed by atoms with Crippen LogP contribution in [0.5, 0.6) is 0 Å². The van der Waals surface area contributed by atoms with Crippen molar-refractivity contribution < 1.29 is 13.2 Å². The van der Waals surface area contributed by atoms with Crippen LogP contribution in [0, 0.1) is 0 Å². The molecule has 0 saturated carbocycles. The van der Waals surface area contributed by atoms with Gasteiger partial charge < -0.3 is 5.32 Å². The van der Waals surface area contributed by atoms with Gasteiger partial charge in [0.25, 0.3) is 5.91 Å². The van der Waals surface area contributed by atoms with Crippen molar-refractivity contribution in [2.24, 2.45) is 0 Å². The number of nitrogens with one attached hydrogen (secondary N) is 1. The monoisotopic (exact) mass is 414 g/mol. The van der Waals surface area contributed by atoms with Gasteiger partial charge in [0, 0.05) is 24.7 Å². The number of rotatable bonds is 7. The first-order valence-corrected chi connectivity index (χ1v) is 10.3. The lowest BCUT2D eigenvalue weighted by Crippen LogP contribution is -2.31. The van der Waals surface area contributed by atoms with E-state index in [1.807, 2.05) is 6.07 Å². The molecule has 140 valence electrons. The van der Waals surface area contributed by atoms with Gasteiger partial charge in [0.15, 0.2) is 0 Å². The number of amides is 1. The van der Waals surface area contributed by atoms with Gasteiger partial charge in [-0.1, -0.05) is 49.2 Å². The number of halogens is 2. The van der Waals surface area contributed by atoms with Gasteiger partial charge in [0.1, 0.15) is 0 Å². The molecule has 1 N–H and O–H groups in total. The van der Waals surface area contributed by atoms with Crippen LogP contribution in [-0.2, 0) is 16.6 Å². The predicted octanol–water partition coefficient (Wildman–Crippen LogP) is 3.95. The van der Waals surface area contributed by atoms with E-state index in [9.17, 15) is 13.2 Å². The second-order valence-corrected chi connectivity index (χ2v) is 8.33. The van der Waals surface area contributed by atoms with E-state index in [2.05, 4.69) is 5.32 Å². The van der Waals surface area contributed by atoms with Crippen molar-refractivity contribution in [3.05, 3.63) is 63.6 Å². The van der Waals surface area contributed by atoms with Gasteiger partial charge in [-0.05, 0) is 35.9 Å². The summed E-state index contributed by atoms with van der Waals surface area (Å²) in [4.78, 5) is 12.5. The molecule has 0 aliphatic rings. The van der Waals surface area contributed by atoms with Gasteiger partial charge in [0.05, 0.1) is 15.5 Å². The minimum atomic E-state index is -3.67. The number of carbonyl (C=O) groups is 1. The van der Waals surface area contributed by atoms with E-state index in [4.69, 9.17) is 23.2 Å². The minimum Gasteiger partial charge on any atom is -0.348 e. The summed E-state index contributed by atoms with van der Waals surface area (Å²) in [5, 5.41) is 3.49. The van der Waals surface area contributed by atoms with Gasteiger partial charge in [-0.15, -0.1) is 0 Å². The Morgan fingerprint density at radius 2 is 1.77 bits per heavy atom. The molecule has 2 aromatic rings. The highest BCUT2D eigenvalue weighted by atomic mass is 35.5. The topological polar surface area (TPSA) is 66.5 Å². The Labute approximate surface area is 164 Å². The molecule has 26 heavy (non-hydrogen) atoms. The first-order chi connectivity index (χ1) is 12.3. The van der Waals surface area contributed by atoms with Gasteiger partial charge in [-0.3, -0.25) is 4.79 Å². The second-order valence-electron chi connectivity index (χ2n) is 5.54. The van der Waals surface area contributed by atoms with E-state index < -0.39 is 15.9 Å². The number of hydrogen-bond acceptors (Lipinski definition) is 3. The highest BCUT2D eigenvalue weighted by Crippen LogP contribution is 2.23. The van der Waals surface area contributed by atoms with E-state index in [1.54, 1.807) is 32.0 Å². The van der Waals surface area contributed by atoms with Crippen molar-refractivity contribution in [3.63, 3.8) is 0 Å². The number of carbonyl (C=O) groups excluding carboxylic acids is 1. The SMILES string of the molecule is CCN(CC)S(=O)(=O)c1ccc(Cl)c(C(=O)NCc2cccc(Cl)c2)c1. The Kier molecular flexibility index (Phi) is 7.06. The Morgan fingerprint density at radius 3 is 2.38 bits per heavy atom. The quantitative estimate of drug-likeness (QED) is 0.745. The Bertz CT molecular complexity index is 897. The molecule has 5 nitrogen and oxygen atoms in total. The molecule has 1 amide bonds. The molecule has 0 heterocycles. The summed E-state index contributed by atoms with van der Waals surface area (Å²) in [5.74, 6) is -0.452. The summed E-state index contributed by atoms with van der Waals surface area (Å²) in [7, 11) is -3.67. The van der Waals surface area contributed by atoms with Crippen LogP contribution < -0.4 is 5.32 Å². The lowest BCUT2D eigenvalue weighted by Gasteiger charge is -2.19. The van der Waals surface area contributed by atoms with E-state index in [0.29, 0.717) is 18.1 Å². The smallest absolute Gasteiger partial charge is 0.253 e. The van der Waals surface area contributed by atoms with Gasteiger partial charge in [-0.2, -0.15) is 4.31 Å². The molecule has 2 rings (SSSR count). The fraction of sp³-hybridized carbons (Fsp3) is 0.278. The van der Waals surface area contributed by atoms with Crippen molar-refractivity contribution in [1.82, 2.24) is 9.62 Å². The van der Waals surface area contributed by atoms with E-state index in [-0.39, 0.29) is 22.0 Å². The number of nitrogens with zero attached hydrogens (tertiary/aromatic N) is 1. The molecule has 0 unspecified atom stereocenters. The molecule has 0 bridgehead atoms. The molecule has 0 aliphatic heterocycles. The number of sulfonamides is 1. The standard InChI is InChI=1S/C18H20Cl2N2O3S/c1-3-22(4-2)26(24,25)15-8-9-17(20)16(11-15)18(23)21-12-13-6-5-7-14(19)10-13/h5-11H,3-4,12H2,1-2H3,(H,21,23). The lowest BCUT2D eigenvalue weighted by molar-refractivity contribution is 0.0951. The molecule has 0 aliphatic carbocycles. The number of benzene rings is 2. The maximum atomic E-state index is 12.6. The average Bonchev–Trinajstić information content (AvgIpc) is 2.60. The molecule has 0 radical (unpaired) electrons. The molecule has 0 aromatic heterocycles. The summed E-state index contributed by atoms with van der Waals surface area (Å²) < 4.78 is 26.6. The van der Waals surface area contributed by atoms with Crippen LogP contribution in [0.4, 0.5) is 0 Å². The fourth-order valence-corrected chi connectivity index (χ4v) is 4.38. The highest BCUT2D eigenvalue weighted by molar-refractivity contribution is 7.89. The summed E-state index contributed by atoms with van der Waals surface area (Å²) in [6.07, 6.45) is 0. The largest absolute Gasteiger partial charge is 0.348 e. The third-order valence-electron chi connectivity index (χ3n) is 3.87. The van der Waals surface area contributed by atoms with E-state index in [1.165, 1.54) is 22.5 Å². The molecule has 2 aromatic carbocycles. The van der Waals surface area contributed by atoms with Crippen molar-refractivity contribution in [2.45, 2.75) is 25.3 Å². The number of hydrogen-bond donors (Lipinski definition) is 1. The summed E-state index contributed by atoms with van der Waals surface area (Å²) in [6, 6.07) is 11.2. The molecule has 0 saturated heterocycles. The van der Waals surface area contributed by atoms with Crippen molar-refractivity contribution in [3.8, 4) is 0 Å². The zero-order valence-corrected chi connectivity index (χ0v) is 16.8. The fourth-order valence-electron chi connectivity index (χ4n) is 2.48. The van der Waals surface area contributed by atoms with E-state index >= 15 is 0 Å². The summed E-state index contributed by atoms with van der Waals surface area (Å²) >= 11 is 12.0. The lowest BCUT2D eigenvalue weighted by atomic mass is 10.2. The average molecular weight is 415 g/mol. The molecule has 0 spiro atoms. The van der Waals surface area contributed by atoms with Crippen molar-refractivity contribution in [2.75, 3.05) is 13.1 Å². The van der Waals surface area contributed by atoms with Crippen LogP contribution in [-0.4, -0.2) is 31.7 Å². The van der Waals surface area contributed by atoms with Crippen LogP contribution in [0.3, 0.4) is 0 Å². The first kappa shape index (κ1) is 20.7. The minimum absolute atomic E-state index is 0.0403. The van der Waals surface area contributed by atoms with E-state index in [0.717, 1.165) is 5.56 Å². The Hall–Kier alpha value is -1.60. The Morgan fingerprint density at radius 1 is 1.08 bits per heavy atom. The van der Waals surface area contributed by atoms with Gasteiger partial charge in [-0.25, -0.2) is 8.42 Å². The van der Waals surface area contributed by atoms with Crippen LogP contribution in [0.25, 0.3) is 0 Å². The highest BCUT2D eigenvalue weighted by Gasteiger charge is 2.23. The summed E-state index contributed by atoms with van der Waals surface area (Å²) in [5.41, 5.74) is 0.941. The molecular weight excluding hydrogens is 395 g/mol. The molecule has 8 heteroatoms. The predicted molar refractivity (Wildman–Crippen MR) is 104 cm³/mol. The first-order valence-electron chi connectivity index (χ1n) is 8.12. The zero-order chi connectivity index (χ0) is 19.3. The third-order valence-corrected chi connectivity index (χ3v) is 6.48. The molecule has 0 atom stereocenters. The van der Waals surface area contributed by atoms with Gasteiger partial charge in [0.2, 0.25) is 10.0 Å². The Balaban J connectivity index is 2.25. The van der Waals surface area contributed by atoms with Crippen molar-refractivity contribution >= 4 is 39.1 Å². The zero-order valence-electron chi connectivity index (χ0n) is 14.5. The van der Waals surface area contributed by atoms with Crippen LogP contribution in [0.2, 0.25) is 10.0 Å². The summed E-state index contributed by atoms with van der Waals surface area (Å²) in [6.45, 7) is 4.46. The van der Waals surface area contributed by atoms with Gasteiger partial charge >= 0.3 is 0 Å². The van der Waals surface area contributed by atoms with Crippen LogP contribution in [0.15, 0.2) is 47.4 Å². The van der Waals surface area contributed by atoms with Crippen LogP contribution in [0.1, 0.15) is 29.8 Å². The third kappa shape index (κ3) is 4.76. The second kappa shape index (κ2) is 8.86.